The Bertz CT molecular complexity index is 715. The van der Waals surface area contributed by atoms with Gasteiger partial charge in [0.1, 0.15) is 5.82 Å². The summed E-state index contributed by atoms with van der Waals surface area (Å²) >= 11 is 0. The molecule has 1 fully saturated rings. The van der Waals surface area contributed by atoms with Crippen molar-refractivity contribution in [2.45, 2.75) is 64.7 Å². The van der Waals surface area contributed by atoms with Crippen LogP contribution in [0.2, 0.25) is 0 Å². The Hall–Kier alpha value is -2.10. The van der Waals surface area contributed by atoms with Crippen LogP contribution >= 0.6 is 0 Å². The number of aromatic nitrogens is 2. The maximum atomic E-state index is 12.5. The Morgan fingerprint density at radius 3 is 2.58 bits per heavy atom. The van der Waals surface area contributed by atoms with Gasteiger partial charge in [-0.05, 0) is 37.7 Å². The van der Waals surface area contributed by atoms with Gasteiger partial charge < -0.3 is 9.72 Å². The molecule has 0 amide bonds. The number of ether oxygens (including phenoxy) is 1. The number of benzene rings is 1. The Kier molecular flexibility index (Phi) is 6.12. The molecule has 26 heavy (non-hydrogen) atoms. The first kappa shape index (κ1) is 18.7. The van der Waals surface area contributed by atoms with E-state index in [-0.39, 0.29) is 11.9 Å². The molecule has 1 saturated carbocycles. The van der Waals surface area contributed by atoms with Crippen molar-refractivity contribution in [1.82, 2.24) is 9.97 Å². The molecule has 1 aromatic carbocycles. The van der Waals surface area contributed by atoms with Gasteiger partial charge in [-0.3, -0.25) is 0 Å². The fourth-order valence-electron chi connectivity index (χ4n) is 3.90. The van der Waals surface area contributed by atoms with Crippen molar-refractivity contribution < 1.29 is 9.53 Å². The highest BCUT2D eigenvalue weighted by molar-refractivity contribution is 5.88. The Morgan fingerprint density at radius 2 is 1.92 bits per heavy atom. The van der Waals surface area contributed by atoms with Crippen LogP contribution in [-0.4, -0.2) is 22.5 Å². The van der Waals surface area contributed by atoms with Crippen molar-refractivity contribution in [3.8, 4) is 0 Å². The number of imidazole rings is 1. The first-order valence-electron chi connectivity index (χ1n) is 9.89. The molecule has 4 nitrogen and oxygen atoms in total. The molecule has 0 radical (unpaired) electrons. The van der Waals surface area contributed by atoms with Gasteiger partial charge in [0, 0.05) is 11.8 Å². The van der Waals surface area contributed by atoms with Crippen molar-refractivity contribution in [1.29, 1.82) is 0 Å². The first-order chi connectivity index (χ1) is 12.6. The second kappa shape index (κ2) is 8.52. The van der Waals surface area contributed by atoms with Crippen LogP contribution < -0.4 is 0 Å². The highest BCUT2D eigenvalue weighted by Gasteiger charge is 2.29. The summed E-state index contributed by atoms with van der Waals surface area (Å²) in [6.45, 7) is 6.68. The molecule has 4 heteroatoms. The summed E-state index contributed by atoms with van der Waals surface area (Å²) in [5.41, 5.74) is 2.77. The lowest BCUT2D eigenvalue weighted by molar-refractivity contribution is 0.0517. The predicted octanol–water partition coefficient (Wildman–Crippen LogP) is 5.23. The van der Waals surface area contributed by atoms with Crippen LogP contribution in [0.4, 0.5) is 0 Å². The fourth-order valence-corrected chi connectivity index (χ4v) is 3.90. The summed E-state index contributed by atoms with van der Waals surface area (Å²) in [7, 11) is 0. The molecule has 0 spiro atoms. The van der Waals surface area contributed by atoms with E-state index >= 15 is 0 Å². The molecule has 1 aromatic heterocycles. The standard InChI is InChI=1S/C22H30N2O2/c1-4-26-22(25)20-19(18-12-10-15(2)11-13-18)23-21(24-20)16(3)14-17-8-6-5-7-9-17/h5-9,15-16,18H,4,10-14H2,1-3H3,(H,23,24)/t15?,16-,18?/m0/s1. The third kappa shape index (κ3) is 4.35. The number of H-pyrrole nitrogens is 1. The highest BCUT2D eigenvalue weighted by Crippen LogP contribution is 2.37. The van der Waals surface area contributed by atoms with E-state index in [0.717, 1.165) is 36.7 Å². The lowest BCUT2D eigenvalue weighted by Gasteiger charge is -2.25. The van der Waals surface area contributed by atoms with E-state index in [2.05, 4.69) is 48.1 Å². The van der Waals surface area contributed by atoms with Crippen molar-refractivity contribution >= 4 is 5.97 Å². The van der Waals surface area contributed by atoms with Gasteiger partial charge in [-0.1, -0.05) is 57.0 Å². The minimum atomic E-state index is -0.296. The molecule has 1 N–H and O–H groups in total. The Balaban J connectivity index is 1.84. The van der Waals surface area contributed by atoms with Crippen LogP contribution in [0, 0.1) is 5.92 Å². The van der Waals surface area contributed by atoms with Gasteiger partial charge in [0.2, 0.25) is 0 Å². The SMILES string of the molecule is CCOC(=O)c1nc([C@@H](C)Cc2ccccc2)[nH]c1C1CCC(C)CC1. The van der Waals surface area contributed by atoms with Gasteiger partial charge in [-0.25, -0.2) is 9.78 Å². The zero-order valence-electron chi connectivity index (χ0n) is 16.1. The summed E-state index contributed by atoms with van der Waals surface area (Å²) in [6.07, 6.45) is 5.55. The normalized spacial score (nSPS) is 21.3. The topological polar surface area (TPSA) is 55.0 Å². The van der Waals surface area contributed by atoms with E-state index in [1.807, 2.05) is 13.0 Å². The Morgan fingerprint density at radius 1 is 1.23 bits per heavy atom. The van der Waals surface area contributed by atoms with Gasteiger partial charge in [-0.2, -0.15) is 0 Å². The number of nitrogens with zero attached hydrogens (tertiary/aromatic N) is 1. The lowest BCUT2D eigenvalue weighted by Crippen LogP contribution is -2.15. The molecular weight excluding hydrogens is 324 g/mol. The monoisotopic (exact) mass is 354 g/mol. The van der Waals surface area contributed by atoms with Crippen LogP contribution in [-0.2, 0) is 11.2 Å². The lowest BCUT2D eigenvalue weighted by atomic mass is 9.81. The molecule has 2 aromatic rings. The zero-order chi connectivity index (χ0) is 18.5. The van der Waals surface area contributed by atoms with Crippen molar-refractivity contribution in [2.24, 2.45) is 5.92 Å². The fraction of sp³-hybridized carbons (Fsp3) is 0.545. The summed E-state index contributed by atoms with van der Waals surface area (Å²) < 4.78 is 5.27. The number of carbonyl (C=O) groups is 1. The molecule has 0 saturated heterocycles. The van der Waals surface area contributed by atoms with E-state index in [1.165, 1.54) is 18.4 Å². The third-order valence-electron chi connectivity index (χ3n) is 5.49. The number of rotatable bonds is 6. The van der Waals surface area contributed by atoms with E-state index in [1.54, 1.807) is 0 Å². The van der Waals surface area contributed by atoms with E-state index in [9.17, 15) is 4.79 Å². The van der Waals surface area contributed by atoms with Crippen molar-refractivity contribution in [3.05, 3.63) is 53.1 Å². The maximum absolute atomic E-state index is 12.5. The second-order valence-corrected chi connectivity index (χ2v) is 7.65. The summed E-state index contributed by atoms with van der Waals surface area (Å²) in [4.78, 5) is 20.7. The number of aromatic amines is 1. The van der Waals surface area contributed by atoms with Crippen molar-refractivity contribution in [2.75, 3.05) is 6.61 Å². The summed E-state index contributed by atoms with van der Waals surface area (Å²) in [6, 6.07) is 10.4. The first-order valence-corrected chi connectivity index (χ1v) is 9.89. The second-order valence-electron chi connectivity index (χ2n) is 7.65. The molecular formula is C22H30N2O2. The zero-order valence-corrected chi connectivity index (χ0v) is 16.1. The van der Waals surface area contributed by atoms with Crippen LogP contribution in [0.25, 0.3) is 0 Å². The average molecular weight is 354 g/mol. The van der Waals surface area contributed by atoms with Gasteiger partial charge in [0.15, 0.2) is 5.69 Å². The van der Waals surface area contributed by atoms with E-state index < -0.39 is 0 Å². The molecule has 0 aliphatic heterocycles. The molecule has 1 aliphatic carbocycles. The summed E-state index contributed by atoms with van der Waals surface area (Å²) in [5.74, 6) is 1.98. The van der Waals surface area contributed by atoms with Gasteiger partial charge >= 0.3 is 5.97 Å². The number of carbonyl (C=O) groups excluding carboxylic acids is 1. The van der Waals surface area contributed by atoms with Gasteiger partial charge in [-0.15, -0.1) is 0 Å². The number of hydrogen-bond acceptors (Lipinski definition) is 3. The molecule has 140 valence electrons. The number of hydrogen-bond donors (Lipinski definition) is 1. The quantitative estimate of drug-likeness (QED) is 0.723. The van der Waals surface area contributed by atoms with Crippen LogP contribution in [0.3, 0.4) is 0 Å². The van der Waals surface area contributed by atoms with E-state index in [0.29, 0.717) is 18.2 Å². The van der Waals surface area contributed by atoms with Crippen LogP contribution in [0.5, 0.6) is 0 Å². The Labute approximate surface area is 156 Å². The predicted molar refractivity (Wildman–Crippen MR) is 103 cm³/mol. The highest BCUT2D eigenvalue weighted by atomic mass is 16.5. The molecule has 3 rings (SSSR count). The molecule has 1 heterocycles. The molecule has 1 aliphatic rings. The van der Waals surface area contributed by atoms with Gasteiger partial charge in [0.25, 0.3) is 0 Å². The number of esters is 1. The molecule has 0 unspecified atom stereocenters. The minimum Gasteiger partial charge on any atom is -0.461 e. The summed E-state index contributed by atoms with van der Waals surface area (Å²) in [5, 5.41) is 0. The largest absolute Gasteiger partial charge is 0.461 e. The molecule has 0 bridgehead atoms. The number of nitrogens with one attached hydrogen (secondary N) is 1. The van der Waals surface area contributed by atoms with Crippen LogP contribution in [0.15, 0.2) is 30.3 Å². The maximum Gasteiger partial charge on any atom is 0.358 e. The van der Waals surface area contributed by atoms with Gasteiger partial charge in [0.05, 0.1) is 12.3 Å². The third-order valence-corrected chi connectivity index (χ3v) is 5.49. The average Bonchev–Trinajstić information content (AvgIpc) is 3.09. The smallest absolute Gasteiger partial charge is 0.358 e. The molecule has 1 atom stereocenters. The van der Waals surface area contributed by atoms with Crippen LogP contribution in [0.1, 0.15) is 85.9 Å². The van der Waals surface area contributed by atoms with E-state index in [4.69, 9.17) is 4.74 Å². The van der Waals surface area contributed by atoms with Crippen molar-refractivity contribution in [3.63, 3.8) is 0 Å². The minimum absolute atomic E-state index is 0.224.